The number of rotatable bonds is 6. The summed E-state index contributed by atoms with van der Waals surface area (Å²) in [6.45, 7) is 2.68. The van der Waals surface area contributed by atoms with Crippen LogP contribution in [0.25, 0.3) is 0 Å². The Kier molecular flexibility index (Phi) is 6.67. The third kappa shape index (κ3) is 5.14. The number of hydrogen-bond donors (Lipinski definition) is 1. The first kappa shape index (κ1) is 21.1. The standard InChI is InChI=1S/C25H27N3O2S/c1-27(18-20-9-3-4-12-22(20)28-14-5-2-6-15-28)25(30)19-10-7-11-21(17-19)26-24(29)23-13-8-16-31-23/h3-4,7-13,16-17H,2,5-6,14-15,18H2,1H3,(H,26,29). The molecule has 1 fully saturated rings. The number of carbonyl (C=O) groups is 2. The number of amides is 2. The number of carbonyl (C=O) groups excluding carboxylic acids is 2. The molecule has 1 saturated heterocycles. The molecule has 0 radical (unpaired) electrons. The monoisotopic (exact) mass is 433 g/mol. The third-order valence-electron chi connectivity index (χ3n) is 5.55. The van der Waals surface area contributed by atoms with Crippen molar-refractivity contribution in [3.8, 4) is 0 Å². The van der Waals surface area contributed by atoms with E-state index >= 15 is 0 Å². The Morgan fingerprint density at radius 1 is 1.00 bits per heavy atom. The Morgan fingerprint density at radius 3 is 2.58 bits per heavy atom. The van der Waals surface area contributed by atoms with Crippen LogP contribution in [0.15, 0.2) is 66.0 Å². The van der Waals surface area contributed by atoms with Crippen LogP contribution in [0, 0.1) is 0 Å². The molecule has 5 nitrogen and oxygen atoms in total. The molecule has 6 heteroatoms. The number of benzene rings is 2. The summed E-state index contributed by atoms with van der Waals surface area (Å²) in [5.41, 5.74) is 3.55. The number of piperidine rings is 1. The zero-order chi connectivity index (χ0) is 21.6. The maximum atomic E-state index is 13.1. The molecule has 31 heavy (non-hydrogen) atoms. The zero-order valence-corrected chi connectivity index (χ0v) is 18.5. The van der Waals surface area contributed by atoms with E-state index in [2.05, 4.69) is 28.4 Å². The lowest BCUT2D eigenvalue weighted by Crippen LogP contribution is -2.32. The molecular formula is C25H27N3O2S. The second-order valence-electron chi connectivity index (χ2n) is 7.85. The molecule has 1 aromatic heterocycles. The first-order valence-electron chi connectivity index (χ1n) is 10.6. The van der Waals surface area contributed by atoms with Gasteiger partial charge in [-0.1, -0.05) is 30.3 Å². The Bertz CT molecular complexity index is 1040. The molecule has 0 atom stereocenters. The van der Waals surface area contributed by atoms with Crippen molar-refractivity contribution in [3.63, 3.8) is 0 Å². The van der Waals surface area contributed by atoms with E-state index in [1.807, 2.05) is 24.6 Å². The fraction of sp³-hybridized carbons (Fsp3) is 0.280. The Morgan fingerprint density at radius 2 is 1.81 bits per heavy atom. The van der Waals surface area contributed by atoms with Gasteiger partial charge in [0.15, 0.2) is 0 Å². The van der Waals surface area contributed by atoms with Gasteiger partial charge in [0.25, 0.3) is 11.8 Å². The number of nitrogens with one attached hydrogen (secondary N) is 1. The molecule has 2 heterocycles. The van der Waals surface area contributed by atoms with Gasteiger partial charge in [-0.25, -0.2) is 0 Å². The van der Waals surface area contributed by atoms with E-state index in [1.54, 1.807) is 35.2 Å². The number of hydrogen-bond acceptors (Lipinski definition) is 4. The van der Waals surface area contributed by atoms with Gasteiger partial charge in [-0.15, -0.1) is 11.3 Å². The molecule has 160 valence electrons. The van der Waals surface area contributed by atoms with Gasteiger partial charge in [0.1, 0.15) is 0 Å². The summed E-state index contributed by atoms with van der Waals surface area (Å²) in [5.74, 6) is -0.232. The fourth-order valence-electron chi connectivity index (χ4n) is 3.97. The van der Waals surface area contributed by atoms with Crippen LogP contribution in [0.2, 0.25) is 0 Å². The Balaban J connectivity index is 1.46. The van der Waals surface area contributed by atoms with E-state index in [-0.39, 0.29) is 11.8 Å². The lowest BCUT2D eigenvalue weighted by Gasteiger charge is -2.31. The largest absolute Gasteiger partial charge is 0.371 e. The quantitative estimate of drug-likeness (QED) is 0.577. The van der Waals surface area contributed by atoms with Gasteiger partial charge in [-0.2, -0.15) is 0 Å². The predicted molar refractivity (Wildman–Crippen MR) is 127 cm³/mol. The van der Waals surface area contributed by atoms with Crippen molar-refractivity contribution in [1.29, 1.82) is 0 Å². The van der Waals surface area contributed by atoms with E-state index in [0.717, 1.165) is 18.7 Å². The molecule has 1 aliphatic heterocycles. The van der Waals surface area contributed by atoms with Gasteiger partial charge >= 0.3 is 0 Å². The van der Waals surface area contributed by atoms with Crippen molar-refractivity contribution >= 4 is 34.5 Å². The predicted octanol–water partition coefficient (Wildman–Crippen LogP) is 5.26. The first-order chi connectivity index (χ1) is 15.1. The molecular weight excluding hydrogens is 406 g/mol. The molecule has 3 aromatic rings. The minimum atomic E-state index is -0.164. The van der Waals surface area contributed by atoms with E-state index in [9.17, 15) is 9.59 Å². The number of anilines is 2. The second-order valence-corrected chi connectivity index (χ2v) is 8.80. The van der Waals surface area contributed by atoms with Crippen molar-refractivity contribution in [2.75, 3.05) is 30.4 Å². The molecule has 0 unspecified atom stereocenters. The summed E-state index contributed by atoms with van der Waals surface area (Å²) >= 11 is 1.39. The normalized spacial score (nSPS) is 13.6. The molecule has 1 N–H and O–H groups in total. The average molecular weight is 434 g/mol. The number of nitrogens with zero attached hydrogens (tertiary/aromatic N) is 2. The summed E-state index contributed by atoms with van der Waals surface area (Å²) in [4.78, 5) is 30.2. The second kappa shape index (κ2) is 9.79. The van der Waals surface area contributed by atoms with Gasteiger partial charge in [0, 0.05) is 43.6 Å². The lowest BCUT2D eigenvalue weighted by molar-refractivity contribution is 0.0785. The minimum Gasteiger partial charge on any atom is -0.371 e. The van der Waals surface area contributed by atoms with Crippen LogP contribution in [0.5, 0.6) is 0 Å². The van der Waals surface area contributed by atoms with Gasteiger partial charge in [0.05, 0.1) is 4.88 Å². The van der Waals surface area contributed by atoms with Gasteiger partial charge in [-0.3, -0.25) is 9.59 Å². The summed E-state index contributed by atoms with van der Waals surface area (Å²) in [6, 6.07) is 19.1. The molecule has 0 bridgehead atoms. The van der Waals surface area contributed by atoms with E-state index in [4.69, 9.17) is 0 Å². The maximum absolute atomic E-state index is 13.1. The van der Waals surface area contributed by atoms with E-state index < -0.39 is 0 Å². The zero-order valence-electron chi connectivity index (χ0n) is 17.7. The van der Waals surface area contributed by atoms with Gasteiger partial charge in [-0.05, 0) is 60.5 Å². The minimum absolute atomic E-state index is 0.0688. The van der Waals surface area contributed by atoms with Gasteiger partial charge in [0.2, 0.25) is 0 Å². The summed E-state index contributed by atoms with van der Waals surface area (Å²) < 4.78 is 0. The van der Waals surface area contributed by atoms with Crippen LogP contribution in [0.1, 0.15) is 44.9 Å². The van der Waals surface area contributed by atoms with Crippen molar-refractivity contribution in [2.24, 2.45) is 0 Å². The number of thiophene rings is 1. The first-order valence-corrected chi connectivity index (χ1v) is 11.5. The van der Waals surface area contributed by atoms with Crippen molar-refractivity contribution in [3.05, 3.63) is 82.0 Å². The summed E-state index contributed by atoms with van der Waals surface area (Å²) in [7, 11) is 1.83. The highest BCUT2D eigenvalue weighted by Crippen LogP contribution is 2.25. The molecule has 0 aliphatic carbocycles. The highest BCUT2D eigenvalue weighted by molar-refractivity contribution is 7.12. The fourth-order valence-corrected chi connectivity index (χ4v) is 4.58. The highest BCUT2D eigenvalue weighted by Gasteiger charge is 2.18. The van der Waals surface area contributed by atoms with Gasteiger partial charge < -0.3 is 15.1 Å². The summed E-state index contributed by atoms with van der Waals surface area (Å²) in [5, 5.41) is 4.74. The molecule has 0 saturated carbocycles. The Labute approximate surface area is 187 Å². The Hall–Kier alpha value is -3.12. The molecule has 2 amide bonds. The molecule has 4 rings (SSSR count). The molecule has 2 aromatic carbocycles. The van der Waals surface area contributed by atoms with Crippen LogP contribution < -0.4 is 10.2 Å². The van der Waals surface area contributed by atoms with E-state index in [1.165, 1.54) is 36.3 Å². The van der Waals surface area contributed by atoms with Crippen molar-refractivity contribution < 1.29 is 9.59 Å². The van der Waals surface area contributed by atoms with Crippen LogP contribution in [0.3, 0.4) is 0 Å². The smallest absolute Gasteiger partial charge is 0.265 e. The van der Waals surface area contributed by atoms with Crippen molar-refractivity contribution in [1.82, 2.24) is 4.90 Å². The van der Waals surface area contributed by atoms with Crippen LogP contribution in [0.4, 0.5) is 11.4 Å². The lowest BCUT2D eigenvalue weighted by atomic mass is 10.1. The molecule has 1 aliphatic rings. The highest BCUT2D eigenvalue weighted by atomic mass is 32.1. The van der Waals surface area contributed by atoms with Crippen molar-refractivity contribution in [2.45, 2.75) is 25.8 Å². The third-order valence-corrected chi connectivity index (χ3v) is 6.42. The number of para-hydroxylation sites is 1. The van der Waals surface area contributed by atoms with Crippen LogP contribution >= 0.6 is 11.3 Å². The van der Waals surface area contributed by atoms with Crippen LogP contribution in [-0.2, 0) is 6.54 Å². The maximum Gasteiger partial charge on any atom is 0.265 e. The molecule has 0 spiro atoms. The van der Waals surface area contributed by atoms with Crippen LogP contribution in [-0.4, -0.2) is 36.9 Å². The topological polar surface area (TPSA) is 52.6 Å². The average Bonchev–Trinajstić information content (AvgIpc) is 3.35. The summed E-state index contributed by atoms with van der Waals surface area (Å²) in [6.07, 6.45) is 3.72. The van der Waals surface area contributed by atoms with E-state index in [0.29, 0.717) is 22.7 Å². The SMILES string of the molecule is CN(Cc1ccccc1N1CCCCC1)C(=O)c1cccc(NC(=O)c2cccs2)c1.